The van der Waals surface area contributed by atoms with Crippen molar-refractivity contribution in [2.45, 2.75) is 25.7 Å². The van der Waals surface area contributed by atoms with E-state index in [9.17, 15) is 0 Å². The molecule has 1 saturated carbocycles. The lowest BCUT2D eigenvalue weighted by atomic mass is 10.3. The Hall–Kier alpha value is -1.52. The summed E-state index contributed by atoms with van der Waals surface area (Å²) < 4.78 is 0. The molecule has 3 rings (SSSR count). The van der Waals surface area contributed by atoms with Crippen LogP contribution in [0.1, 0.15) is 31.5 Å². The van der Waals surface area contributed by atoms with Crippen molar-refractivity contribution < 1.29 is 0 Å². The van der Waals surface area contributed by atoms with E-state index in [0.29, 0.717) is 16.0 Å². The zero-order chi connectivity index (χ0) is 14.8. The first kappa shape index (κ1) is 14.4. The van der Waals surface area contributed by atoms with E-state index >= 15 is 0 Å². The van der Waals surface area contributed by atoms with Crippen LogP contribution < -0.4 is 10.6 Å². The molecule has 110 valence electrons. The van der Waals surface area contributed by atoms with Gasteiger partial charge in [0.25, 0.3) is 0 Å². The van der Waals surface area contributed by atoms with Gasteiger partial charge in [-0.3, -0.25) is 0 Å². The molecule has 1 aliphatic carbocycles. The molecule has 0 atom stereocenters. The fourth-order valence-electron chi connectivity index (χ4n) is 2.10. The number of halogens is 2. The predicted octanol–water partition coefficient (Wildman–Crippen LogP) is 4.84. The van der Waals surface area contributed by atoms with Crippen molar-refractivity contribution >= 4 is 40.5 Å². The summed E-state index contributed by atoms with van der Waals surface area (Å²) in [7, 11) is 0. The van der Waals surface area contributed by atoms with E-state index in [4.69, 9.17) is 23.2 Å². The number of benzene rings is 1. The van der Waals surface area contributed by atoms with Crippen LogP contribution in [0.5, 0.6) is 0 Å². The van der Waals surface area contributed by atoms with Crippen molar-refractivity contribution in [3.63, 3.8) is 0 Å². The van der Waals surface area contributed by atoms with Crippen molar-refractivity contribution in [2.24, 2.45) is 0 Å². The fraction of sp³-hybridized carbons (Fsp3) is 0.333. The standard InChI is InChI=1S/C15H16Cl2N4/c1-2-18-13-8-14(21-15(20-13)9-3-4-9)19-12-6-10(16)5-11(17)7-12/h5-9H,2-4H2,1H3,(H2,18,19,20,21). The number of nitrogens with zero attached hydrogens (tertiary/aromatic N) is 2. The molecule has 1 fully saturated rings. The molecule has 1 heterocycles. The monoisotopic (exact) mass is 322 g/mol. The molecule has 2 N–H and O–H groups in total. The van der Waals surface area contributed by atoms with Gasteiger partial charge in [-0.1, -0.05) is 23.2 Å². The Labute approximate surface area is 133 Å². The van der Waals surface area contributed by atoms with E-state index in [2.05, 4.69) is 20.6 Å². The molecular weight excluding hydrogens is 307 g/mol. The summed E-state index contributed by atoms with van der Waals surface area (Å²) in [6.45, 7) is 2.87. The highest BCUT2D eigenvalue weighted by Gasteiger charge is 2.27. The Morgan fingerprint density at radius 3 is 2.33 bits per heavy atom. The Kier molecular flexibility index (Phi) is 4.17. The van der Waals surface area contributed by atoms with Crippen LogP contribution in [-0.4, -0.2) is 16.5 Å². The van der Waals surface area contributed by atoms with Gasteiger partial charge in [-0.25, -0.2) is 9.97 Å². The molecule has 1 aliphatic rings. The molecule has 0 saturated heterocycles. The zero-order valence-electron chi connectivity index (χ0n) is 11.7. The number of rotatable bonds is 5. The molecule has 2 aromatic rings. The van der Waals surface area contributed by atoms with Crippen molar-refractivity contribution in [1.29, 1.82) is 0 Å². The van der Waals surface area contributed by atoms with Crippen molar-refractivity contribution in [1.82, 2.24) is 9.97 Å². The van der Waals surface area contributed by atoms with Crippen LogP contribution in [0.3, 0.4) is 0 Å². The minimum absolute atomic E-state index is 0.493. The minimum atomic E-state index is 0.493. The van der Waals surface area contributed by atoms with Crippen LogP contribution in [0.4, 0.5) is 17.3 Å². The molecule has 0 bridgehead atoms. The first-order chi connectivity index (χ1) is 10.1. The predicted molar refractivity (Wildman–Crippen MR) is 87.9 cm³/mol. The third-order valence-corrected chi connectivity index (χ3v) is 3.62. The lowest BCUT2D eigenvalue weighted by Gasteiger charge is -2.11. The molecule has 0 aliphatic heterocycles. The third-order valence-electron chi connectivity index (χ3n) is 3.18. The maximum absolute atomic E-state index is 6.02. The zero-order valence-corrected chi connectivity index (χ0v) is 13.2. The summed E-state index contributed by atoms with van der Waals surface area (Å²) in [5.41, 5.74) is 0.815. The van der Waals surface area contributed by atoms with Gasteiger partial charge in [0.05, 0.1) is 0 Å². The van der Waals surface area contributed by atoms with E-state index in [0.717, 1.165) is 42.5 Å². The number of hydrogen-bond donors (Lipinski definition) is 2. The summed E-state index contributed by atoms with van der Waals surface area (Å²) in [6, 6.07) is 7.23. The van der Waals surface area contributed by atoms with Crippen molar-refractivity contribution in [3.8, 4) is 0 Å². The first-order valence-electron chi connectivity index (χ1n) is 7.00. The van der Waals surface area contributed by atoms with E-state index in [1.54, 1.807) is 6.07 Å². The van der Waals surface area contributed by atoms with Crippen LogP contribution in [0, 0.1) is 0 Å². The Morgan fingerprint density at radius 1 is 1.05 bits per heavy atom. The van der Waals surface area contributed by atoms with Crippen LogP contribution in [-0.2, 0) is 0 Å². The van der Waals surface area contributed by atoms with E-state index in [1.807, 2.05) is 25.1 Å². The number of anilines is 3. The summed E-state index contributed by atoms with van der Waals surface area (Å²) >= 11 is 12.0. The first-order valence-corrected chi connectivity index (χ1v) is 7.75. The topological polar surface area (TPSA) is 49.8 Å². The molecule has 0 unspecified atom stereocenters. The lowest BCUT2D eigenvalue weighted by molar-refractivity contribution is 0.927. The van der Waals surface area contributed by atoms with E-state index in [1.165, 1.54) is 0 Å². The summed E-state index contributed by atoms with van der Waals surface area (Å²) in [6.07, 6.45) is 2.33. The molecule has 0 spiro atoms. The summed E-state index contributed by atoms with van der Waals surface area (Å²) in [4.78, 5) is 9.13. The summed E-state index contributed by atoms with van der Waals surface area (Å²) in [5, 5.41) is 7.67. The smallest absolute Gasteiger partial charge is 0.136 e. The SMILES string of the molecule is CCNc1cc(Nc2cc(Cl)cc(Cl)c2)nc(C2CC2)n1. The van der Waals surface area contributed by atoms with Gasteiger partial charge in [0.2, 0.25) is 0 Å². The average Bonchev–Trinajstić information content (AvgIpc) is 3.21. The fourth-order valence-corrected chi connectivity index (χ4v) is 2.63. The largest absolute Gasteiger partial charge is 0.370 e. The minimum Gasteiger partial charge on any atom is -0.370 e. The number of hydrogen-bond acceptors (Lipinski definition) is 4. The highest BCUT2D eigenvalue weighted by Crippen LogP contribution is 2.39. The second-order valence-electron chi connectivity index (χ2n) is 5.08. The summed E-state index contributed by atoms with van der Waals surface area (Å²) in [5.74, 6) is 2.97. The van der Waals surface area contributed by atoms with Crippen molar-refractivity contribution in [2.75, 3.05) is 17.2 Å². The quantitative estimate of drug-likeness (QED) is 0.827. The van der Waals surface area contributed by atoms with Gasteiger partial charge in [0.15, 0.2) is 0 Å². The second kappa shape index (κ2) is 6.08. The highest BCUT2D eigenvalue weighted by molar-refractivity contribution is 6.35. The molecule has 1 aromatic heterocycles. The molecule has 21 heavy (non-hydrogen) atoms. The maximum Gasteiger partial charge on any atom is 0.136 e. The van der Waals surface area contributed by atoms with Crippen LogP contribution in [0.25, 0.3) is 0 Å². The Balaban J connectivity index is 1.89. The van der Waals surface area contributed by atoms with Crippen LogP contribution in [0.15, 0.2) is 24.3 Å². The lowest BCUT2D eigenvalue weighted by Crippen LogP contribution is -2.05. The normalized spacial score (nSPS) is 14.0. The van der Waals surface area contributed by atoms with E-state index < -0.39 is 0 Å². The van der Waals surface area contributed by atoms with Gasteiger partial charge in [0.1, 0.15) is 17.5 Å². The Bertz CT molecular complexity index is 636. The molecule has 1 aromatic carbocycles. The Morgan fingerprint density at radius 2 is 1.71 bits per heavy atom. The van der Waals surface area contributed by atoms with Gasteiger partial charge >= 0.3 is 0 Å². The third kappa shape index (κ3) is 3.77. The van der Waals surface area contributed by atoms with E-state index in [-0.39, 0.29) is 0 Å². The van der Waals surface area contributed by atoms with Crippen LogP contribution >= 0.6 is 23.2 Å². The van der Waals surface area contributed by atoms with Gasteiger partial charge in [-0.15, -0.1) is 0 Å². The molecular formula is C15H16Cl2N4. The second-order valence-corrected chi connectivity index (χ2v) is 5.96. The van der Waals surface area contributed by atoms with Crippen molar-refractivity contribution in [3.05, 3.63) is 40.1 Å². The van der Waals surface area contributed by atoms with Gasteiger partial charge in [-0.2, -0.15) is 0 Å². The molecule has 0 amide bonds. The molecule has 0 radical (unpaired) electrons. The highest BCUT2D eigenvalue weighted by atomic mass is 35.5. The van der Waals surface area contributed by atoms with Gasteiger partial charge in [0, 0.05) is 34.3 Å². The number of nitrogens with one attached hydrogen (secondary N) is 2. The number of aromatic nitrogens is 2. The average molecular weight is 323 g/mol. The maximum atomic E-state index is 6.02. The van der Waals surface area contributed by atoms with Gasteiger partial charge in [-0.05, 0) is 38.0 Å². The molecule has 6 heteroatoms. The van der Waals surface area contributed by atoms with Crippen LogP contribution in [0.2, 0.25) is 10.0 Å². The molecule has 4 nitrogen and oxygen atoms in total. The van der Waals surface area contributed by atoms with Gasteiger partial charge < -0.3 is 10.6 Å².